The largest absolute Gasteiger partial charge is 0.491 e. The lowest BCUT2D eigenvalue weighted by atomic mass is 10.2. The second kappa shape index (κ2) is 15.9. The molecule has 0 saturated carbocycles. The van der Waals surface area contributed by atoms with Crippen molar-refractivity contribution in [3.05, 3.63) is 40.2 Å². The normalized spacial score (nSPS) is 11.0. The number of methoxy groups -OCH3 is 1. The van der Waals surface area contributed by atoms with Crippen molar-refractivity contribution in [2.24, 2.45) is 0 Å². The number of alkyl carbamates (subject to hydrolysis) is 1. The first-order valence-corrected chi connectivity index (χ1v) is 13.6. The Morgan fingerprint density at radius 3 is 2.56 bits per heavy atom. The zero-order chi connectivity index (χ0) is 28.8. The van der Waals surface area contributed by atoms with Crippen molar-refractivity contribution >= 4 is 28.5 Å². The number of carbonyl (C=O) groups is 2. The number of hydrogen-bond donors (Lipinski definition) is 2. The minimum atomic E-state index is -0.527. The highest BCUT2D eigenvalue weighted by Gasteiger charge is 2.19. The van der Waals surface area contributed by atoms with Crippen molar-refractivity contribution in [3.63, 3.8) is 0 Å². The Morgan fingerprint density at radius 2 is 1.90 bits per heavy atom. The van der Waals surface area contributed by atoms with Crippen LogP contribution in [0.3, 0.4) is 0 Å². The van der Waals surface area contributed by atoms with E-state index in [9.17, 15) is 14.0 Å². The van der Waals surface area contributed by atoms with Gasteiger partial charge in [-0.25, -0.2) is 19.0 Å². The summed E-state index contributed by atoms with van der Waals surface area (Å²) in [4.78, 5) is 31.0. The fourth-order valence-electron chi connectivity index (χ4n) is 3.21. The number of aromatic nitrogens is 1. The van der Waals surface area contributed by atoms with Crippen LogP contribution in [0.1, 0.15) is 61.0 Å². The van der Waals surface area contributed by atoms with Gasteiger partial charge < -0.3 is 24.8 Å². The van der Waals surface area contributed by atoms with Crippen molar-refractivity contribution < 1.29 is 28.2 Å². The van der Waals surface area contributed by atoms with Crippen LogP contribution in [0.5, 0.6) is 5.75 Å². The van der Waals surface area contributed by atoms with E-state index in [0.29, 0.717) is 43.2 Å². The average molecular weight is 563 g/mol. The van der Waals surface area contributed by atoms with Crippen LogP contribution in [-0.4, -0.2) is 75.0 Å². The molecule has 0 atom stereocenters. The lowest BCUT2D eigenvalue weighted by Crippen LogP contribution is -2.33. The maximum Gasteiger partial charge on any atom is 0.407 e. The van der Waals surface area contributed by atoms with Crippen molar-refractivity contribution in [2.45, 2.75) is 52.1 Å². The predicted molar refractivity (Wildman–Crippen MR) is 151 cm³/mol. The molecule has 0 saturated heterocycles. The van der Waals surface area contributed by atoms with Gasteiger partial charge in [0.25, 0.3) is 0 Å². The van der Waals surface area contributed by atoms with Gasteiger partial charge in [-0.2, -0.15) is 0 Å². The number of thiazole rings is 1. The number of nitrogens with one attached hydrogen (secondary N) is 2. The summed E-state index contributed by atoms with van der Waals surface area (Å²) in [6.45, 7) is 7.44. The van der Waals surface area contributed by atoms with Crippen LogP contribution in [0.4, 0.5) is 14.3 Å². The molecule has 11 heteroatoms. The minimum Gasteiger partial charge on any atom is -0.491 e. The summed E-state index contributed by atoms with van der Waals surface area (Å²) in [7, 11) is 5.15. The molecular weight excluding hydrogens is 523 g/mol. The van der Waals surface area contributed by atoms with E-state index < -0.39 is 23.5 Å². The van der Waals surface area contributed by atoms with Crippen molar-refractivity contribution in [2.75, 3.05) is 52.8 Å². The summed E-state index contributed by atoms with van der Waals surface area (Å²) in [5, 5.41) is 6.56. The molecule has 1 heterocycles. The molecule has 9 nitrogen and oxygen atoms in total. The molecule has 1 aromatic carbocycles. The van der Waals surface area contributed by atoms with E-state index in [4.69, 9.17) is 14.2 Å². The molecular formula is C28H39FN4O5S. The van der Waals surface area contributed by atoms with Crippen molar-refractivity contribution in [3.8, 4) is 17.6 Å². The standard InChI is InChI=1S/C28H39FN4O5S/c1-28(2,3)38-27(35)31-16-8-7-15-30-26-32-24(25(34)36-6)23(39-26)12-10-18-37-22-14-13-20(19-21(22)29)11-9-17-33(4)5/h13-14,19H,7-8,10,12,15-18H2,1-6H3,(H,30,32)(H,31,35). The lowest BCUT2D eigenvalue weighted by Gasteiger charge is -2.19. The van der Waals surface area contributed by atoms with Crippen LogP contribution < -0.4 is 15.4 Å². The van der Waals surface area contributed by atoms with Gasteiger partial charge in [-0.3, -0.25) is 4.90 Å². The van der Waals surface area contributed by atoms with E-state index >= 15 is 0 Å². The molecule has 2 aromatic rings. The molecule has 1 aromatic heterocycles. The molecule has 0 aliphatic carbocycles. The van der Waals surface area contributed by atoms with Gasteiger partial charge in [0.15, 0.2) is 22.4 Å². The highest BCUT2D eigenvalue weighted by Crippen LogP contribution is 2.26. The van der Waals surface area contributed by atoms with Gasteiger partial charge in [-0.15, -0.1) is 11.3 Å². The number of amides is 1. The molecule has 0 aliphatic heterocycles. The first-order valence-electron chi connectivity index (χ1n) is 12.8. The van der Waals surface area contributed by atoms with Gasteiger partial charge >= 0.3 is 12.1 Å². The van der Waals surface area contributed by atoms with E-state index in [-0.39, 0.29) is 18.1 Å². The van der Waals surface area contributed by atoms with E-state index in [0.717, 1.165) is 17.7 Å². The molecule has 0 aliphatic rings. The summed E-state index contributed by atoms with van der Waals surface area (Å²) in [5.74, 6) is 5.09. The number of benzene rings is 1. The highest BCUT2D eigenvalue weighted by atomic mass is 32.1. The molecule has 214 valence electrons. The third-order valence-electron chi connectivity index (χ3n) is 4.99. The number of rotatable bonds is 13. The van der Waals surface area contributed by atoms with E-state index in [1.807, 2.05) is 39.8 Å². The van der Waals surface area contributed by atoms with Crippen LogP contribution in [0.15, 0.2) is 18.2 Å². The number of ether oxygens (including phenoxy) is 3. The smallest absolute Gasteiger partial charge is 0.407 e. The Kier molecular flexibility index (Phi) is 13.0. The maximum atomic E-state index is 14.4. The molecule has 2 N–H and O–H groups in total. The fraction of sp³-hybridized carbons (Fsp3) is 0.536. The minimum absolute atomic E-state index is 0.161. The van der Waals surface area contributed by atoms with Gasteiger partial charge in [-0.1, -0.05) is 11.8 Å². The van der Waals surface area contributed by atoms with E-state index in [2.05, 4.69) is 27.5 Å². The van der Waals surface area contributed by atoms with Crippen LogP contribution in [-0.2, 0) is 15.9 Å². The first kappa shape index (κ1) is 31.9. The number of unbranched alkanes of at least 4 members (excludes halogenated alkanes) is 1. The lowest BCUT2D eigenvalue weighted by molar-refractivity contribution is 0.0525. The third kappa shape index (κ3) is 12.4. The number of nitrogens with zero attached hydrogens (tertiary/aromatic N) is 2. The quantitative estimate of drug-likeness (QED) is 0.206. The second-order valence-electron chi connectivity index (χ2n) is 9.98. The monoisotopic (exact) mass is 562 g/mol. The van der Waals surface area contributed by atoms with E-state index in [1.54, 1.807) is 12.1 Å². The summed E-state index contributed by atoms with van der Waals surface area (Å²) in [6, 6.07) is 4.67. The number of carbonyl (C=O) groups excluding carboxylic acids is 2. The Labute approximate surface area is 234 Å². The fourth-order valence-corrected chi connectivity index (χ4v) is 4.23. The van der Waals surface area contributed by atoms with Crippen LogP contribution in [0.25, 0.3) is 0 Å². The molecule has 0 bridgehead atoms. The Morgan fingerprint density at radius 1 is 1.15 bits per heavy atom. The van der Waals surface area contributed by atoms with Gasteiger partial charge in [-0.05, 0) is 78.7 Å². The Bertz CT molecular complexity index is 1150. The molecule has 2 rings (SSSR count). The zero-order valence-electron chi connectivity index (χ0n) is 23.6. The maximum absolute atomic E-state index is 14.4. The molecule has 0 radical (unpaired) electrons. The molecule has 0 unspecified atom stereocenters. The highest BCUT2D eigenvalue weighted by molar-refractivity contribution is 7.15. The summed E-state index contributed by atoms with van der Waals surface area (Å²) in [5.41, 5.74) is 0.331. The number of anilines is 1. The predicted octanol–water partition coefficient (Wildman–Crippen LogP) is 4.71. The molecule has 1 amide bonds. The van der Waals surface area contributed by atoms with E-state index in [1.165, 1.54) is 24.5 Å². The Balaban J connectivity index is 1.80. The van der Waals surface area contributed by atoms with Crippen molar-refractivity contribution in [1.82, 2.24) is 15.2 Å². The summed E-state index contributed by atoms with van der Waals surface area (Å²) < 4.78 is 30.1. The van der Waals surface area contributed by atoms with Crippen LogP contribution >= 0.6 is 11.3 Å². The van der Waals surface area contributed by atoms with Crippen LogP contribution in [0.2, 0.25) is 0 Å². The molecule has 39 heavy (non-hydrogen) atoms. The number of esters is 1. The number of hydrogen-bond acceptors (Lipinski definition) is 9. The van der Waals surface area contributed by atoms with Gasteiger partial charge in [0.2, 0.25) is 0 Å². The average Bonchev–Trinajstić information content (AvgIpc) is 3.26. The van der Waals surface area contributed by atoms with Gasteiger partial charge in [0.05, 0.1) is 20.3 Å². The van der Waals surface area contributed by atoms with Gasteiger partial charge in [0, 0.05) is 23.5 Å². The molecule has 0 fully saturated rings. The van der Waals surface area contributed by atoms with Crippen LogP contribution in [0, 0.1) is 17.7 Å². The summed E-state index contributed by atoms with van der Waals surface area (Å²) >= 11 is 1.38. The number of halogens is 1. The van der Waals surface area contributed by atoms with Crippen molar-refractivity contribution in [1.29, 1.82) is 0 Å². The number of aryl methyl sites for hydroxylation is 1. The Hall–Kier alpha value is -3.36. The molecule has 0 spiro atoms. The SMILES string of the molecule is COC(=O)c1nc(NCCCCNC(=O)OC(C)(C)C)sc1CCCOc1ccc(C#CCN(C)C)cc1F. The zero-order valence-corrected chi connectivity index (χ0v) is 24.4. The second-order valence-corrected chi connectivity index (χ2v) is 11.1. The van der Waals surface area contributed by atoms with Gasteiger partial charge in [0.1, 0.15) is 5.60 Å². The summed E-state index contributed by atoms with van der Waals surface area (Å²) in [6.07, 6.45) is 2.20. The first-order chi connectivity index (χ1) is 18.5. The third-order valence-corrected chi connectivity index (χ3v) is 6.06. The topological polar surface area (TPSA) is 102 Å².